The number of hydrogen-bond acceptors (Lipinski definition) is 3. The van der Waals surface area contributed by atoms with Gasteiger partial charge >= 0.3 is 0 Å². The van der Waals surface area contributed by atoms with Crippen LogP contribution in [0.3, 0.4) is 0 Å². The molecule has 1 N–H and O–H groups in total. The van der Waals surface area contributed by atoms with Gasteiger partial charge in [-0.25, -0.2) is 0 Å². The maximum atomic E-state index is 12.6. The summed E-state index contributed by atoms with van der Waals surface area (Å²) in [6, 6.07) is 18.9. The van der Waals surface area contributed by atoms with E-state index < -0.39 is 0 Å². The molecular formula is C22H26N2O3. The van der Waals surface area contributed by atoms with Gasteiger partial charge in [-0.15, -0.1) is 0 Å². The molecule has 0 unspecified atom stereocenters. The summed E-state index contributed by atoms with van der Waals surface area (Å²) in [5, 5.41) is 3.07. The first kappa shape index (κ1) is 19.0. The Hall–Kier alpha value is -2.82. The van der Waals surface area contributed by atoms with Crippen LogP contribution in [0.5, 0.6) is 5.75 Å². The molecular weight excluding hydrogens is 340 g/mol. The summed E-state index contributed by atoms with van der Waals surface area (Å²) < 4.78 is 5.61. The largest absolute Gasteiger partial charge is 0.494 e. The van der Waals surface area contributed by atoms with Crippen molar-refractivity contribution in [2.24, 2.45) is 0 Å². The number of nitrogens with zero attached hydrogens (tertiary/aromatic N) is 1. The van der Waals surface area contributed by atoms with Crippen LogP contribution in [0.1, 0.15) is 36.0 Å². The summed E-state index contributed by atoms with van der Waals surface area (Å²) in [4.78, 5) is 26.6. The number of hydrogen-bond donors (Lipinski definition) is 1. The van der Waals surface area contributed by atoms with Crippen molar-refractivity contribution in [1.29, 1.82) is 0 Å². The lowest BCUT2D eigenvalue weighted by atomic mass is 10.0. The molecule has 1 atom stereocenters. The van der Waals surface area contributed by atoms with Crippen molar-refractivity contribution in [1.82, 2.24) is 10.2 Å². The predicted octanol–water partition coefficient (Wildman–Crippen LogP) is 3.27. The second-order valence-electron chi connectivity index (χ2n) is 6.79. The van der Waals surface area contributed by atoms with Gasteiger partial charge in [0.2, 0.25) is 5.91 Å². The van der Waals surface area contributed by atoms with Crippen molar-refractivity contribution >= 4 is 11.8 Å². The number of piperidine rings is 1. The van der Waals surface area contributed by atoms with Gasteiger partial charge in [0.25, 0.3) is 5.91 Å². The normalized spacial score (nSPS) is 16.6. The van der Waals surface area contributed by atoms with Gasteiger partial charge in [-0.3, -0.25) is 9.59 Å². The number of carbonyl (C=O) groups is 2. The third-order valence-corrected chi connectivity index (χ3v) is 4.65. The smallest absolute Gasteiger partial charge is 0.253 e. The highest BCUT2D eigenvalue weighted by Crippen LogP contribution is 2.14. The molecule has 0 spiro atoms. The molecule has 0 aromatic heterocycles. The second-order valence-corrected chi connectivity index (χ2v) is 6.79. The number of benzene rings is 2. The molecule has 0 radical (unpaired) electrons. The Morgan fingerprint density at radius 3 is 2.48 bits per heavy atom. The van der Waals surface area contributed by atoms with E-state index in [0.29, 0.717) is 31.6 Å². The first-order chi connectivity index (χ1) is 13.2. The fourth-order valence-corrected chi connectivity index (χ4v) is 3.28. The average molecular weight is 366 g/mol. The molecule has 27 heavy (non-hydrogen) atoms. The van der Waals surface area contributed by atoms with Crippen molar-refractivity contribution in [2.45, 2.75) is 31.7 Å². The summed E-state index contributed by atoms with van der Waals surface area (Å²) in [5.74, 6) is 0.872. The summed E-state index contributed by atoms with van der Waals surface area (Å²) in [6.45, 7) is 1.83. The van der Waals surface area contributed by atoms with Crippen LogP contribution in [0, 0.1) is 0 Å². The molecule has 1 fully saturated rings. The van der Waals surface area contributed by atoms with E-state index in [-0.39, 0.29) is 17.9 Å². The van der Waals surface area contributed by atoms with Crippen molar-refractivity contribution in [3.8, 4) is 5.75 Å². The van der Waals surface area contributed by atoms with Gasteiger partial charge < -0.3 is 15.0 Å². The zero-order chi connectivity index (χ0) is 18.9. The Labute approximate surface area is 160 Å². The van der Waals surface area contributed by atoms with Crippen LogP contribution in [-0.4, -0.2) is 42.5 Å². The number of rotatable bonds is 7. The van der Waals surface area contributed by atoms with Crippen LogP contribution in [0.15, 0.2) is 60.7 Å². The van der Waals surface area contributed by atoms with Crippen LogP contribution in [0.2, 0.25) is 0 Å². The molecule has 2 aromatic rings. The Morgan fingerprint density at radius 2 is 1.74 bits per heavy atom. The van der Waals surface area contributed by atoms with Crippen molar-refractivity contribution < 1.29 is 14.3 Å². The zero-order valence-corrected chi connectivity index (χ0v) is 15.5. The van der Waals surface area contributed by atoms with E-state index in [2.05, 4.69) is 5.32 Å². The van der Waals surface area contributed by atoms with Gasteiger partial charge in [-0.1, -0.05) is 36.4 Å². The number of likely N-dealkylation sites (tertiary alicyclic amines) is 1. The molecule has 1 aliphatic rings. The molecule has 1 heterocycles. The predicted molar refractivity (Wildman–Crippen MR) is 105 cm³/mol. The minimum absolute atomic E-state index is 0.0191. The minimum Gasteiger partial charge on any atom is -0.494 e. The fourth-order valence-electron chi connectivity index (χ4n) is 3.28. The Kier molecular flexibility index (Phi) is 6.85. The maximum absolute atomic E-state index is 12.6. The van der Waals surface area contributed by atoms with E-state index in [1.165, 1.54) is 0 Å². The Morgan fingerprint density at radius 1 is 1.04 bits per heavy atom. The van der Waals surface area contributed by atoms with E-state index in [9.17, 15) is 9.59 Å². The third-order valence-electron chi connectivity index (χ3n) is 4.65. The first-order valence-electron chi connectivity index (χ1n) is 9.54. The average Bonchev–Trinajstić information content (AvgIpc) is 2.72. The summed E-state index contributed by atoms with van der Waals surface area (Å²) in [6.07, 6.45) is 2.90. The monoisotopic (exact) mass is 366 g/mol. The van der Waals surface area contributed by atoms with Gasteiger partial charge in [0.15, 0.2) is 0 Å². The number of nitrogens with one attached hydrogen (secondary N) is 1. The molecule has 3 rings (SSSR count). The summed E-state index contributed by atoms with van der Waals surface area (Å²) in [7, 11) is 0. The summed E-state index contributed by atoms with van der Waals surface area (Å²) in [5.41, 5.74) is 0.697. The number of para-hydroxylation sites is 1. The van der Waals surface area contributed by atoms with Gasteiger partial charge in [-0.05, 0) is 43.5 Å². The van der Waals surface area contributed by atoms with E-state index in [1.807, 2.05) is 65.6 Å². The van der Waals surface area contributed by atoms with Crippen molar-refractivity contribution in [2.75, 3.05) is 19.7 Å². The summed E-state index contributed by atoms with van der Waals surface area (Å²) >= 11 is 0. The molecule has 0 aliphatic carbocycles. The standard InChI is InChI=1S/C22H26N2O3/c25-21(14-8-16-27-20-12-5-2-6-13-20)23-19-11-7-15-24(17-19)22(26)18-9-3-1-4-10-18/h1-6,9-10,12-13,19H,7-8,11,14-17H2,(H,23,25)/t19-/m1/s1. The quantitative estimate of drug-likeness (QED) is 0.765. The highest BCUT2D eigenvalue weighted by molar-refractivity contribution is 5.94. The molecule has 5 nitrogen and oxygen atoms in total. The van der Waals surface area contributed by atoms with Gasteiger partial charge in [0, 0.05) is 31.1 Å². The highest BCUT2D eigenvalue weighted by atomic mass is 16.5. The Bertz CT molecular complexity index is 734. The van der Waals surface area contributed by atoms with E-state index >= 15 is 0 Å². The minimum atomic E-state index is 0.0191. The Balaban J connectivity index is 1.39. The molecule has 2 aromatic carbocycles. The van der Waals surface area contributed by atoms with E-state index in [4.69, 9.17) is 4.74 Å². The van der Waals surface area contributed by atoms with Gasteiger partial charge in [0.1, 0.15) is 5.75 Å². The molecule has 0 bridgehead atoms. The molecule has 142 valence electrons. The SMILES string of the molecule is O=C(CCCOc1ccccc1)N[C@@H]1CCCN(C(=O)c2ccccc2)C1. The van der Waals surface area contributed by atoms with Gasteiger partial charge in [-0.2, -0.15) is 0 Å². The number of ether oxygens (including phenoxy) is 1. The molecule has 5 heteroatoms. The van der Waals surface area contributed by atoms with Crippen molar-refractivity contribution in [3.63, 3.8) is 0 Å². The van der Waals surface area contributed by atoms with Crippen LogP contribution in [-0.2, 0) is 4.79 Å². The van der Waals surface area contributed by atoms with Crippen molar-refractivity contribution in [3.05, 3.63) is 66.2 Å². The highest BCUT2D eigenvalue weighted by Gasteiger charge is 2.25. The lowest BCUT2D eigenvalue weighted by Crippen LogP contribution is -2.49. The topological polar surface area (TPSA) is 58.6 Å². The molecule has 1 aliphatic heterocycles. The number of amides is 2. The zero-order valence-electron chi connectivity index (χ0n) is 15.5. The first-order valence-corrected chi connectivity index (χ1v) is 9.54. The van der Waals surface area contributed by atoms with Crippen LogP contribution >= 0.6 is 0 Å². The lowest BCUT2D eigenvalue weighted by Gasteiger charge is -2.33. The molecule has 0 saturated carbocycles. The lowest BCUT2D eigenvalue weighted by molar-refractivity contribution is -0.122. The molecule has 1 saturated heterocycles. The van der Waals surface area contributed by atoms with Crippen LogP contribution in [0.25, 0.3) is 0 Å². The second kappa shape index (κ2) is 9.76. The van der Waals surface area contributed by atoms with Crippen LogP contribution < -0.4 is 10.1 Å². The van der Waals surface area contributed by atoms with E-state index in [1.54, 1.807) is 0 Å². The fraction of sp³-hybridized carbons (Fsp3) is 0.364. The maximum Gasteiger partial charge on any atom is 0.253 e. The van der Waals surface area contributed by atoms with Crippen LogP contribution in [0.4, 0.5) is 0 Å². The van der Waals surface area contributed by atoms with Gasteiger partial charge in [0.05, 0.1) is 6.61 Å². The third kappa shape index (κ3) is 5.84. The molecule has 2 amide bonds. The number of carbonyl (C=O) groups excluding carboxylic acids is 2. The van der Waals surface area contributed by atoms with E-state index in [0.717, 1.165) is 25.1 Å².